The van der Waals surface area contributed by atoms with Gasteiger partial charge in [0, 0.05) is 18.7 Å². The molecule has 0 bridgehead atoms. The summed E-state index contributed by atoms with van der Waals surface area (Å²) >= 11 is 0. The van der Waals surface area contributed by atoms with Gasteiger partial charge in [0.2, 0.25) is 10.0 Å². The number of hydroxylamine groups is 1. The molecule has 1 amide bonds. The highest BCUT2D eigenvalue weighted by Crippen LogP contribution is 2.37. The Morgan fingerprint density at radius 2 is 1.55 bits per heavy atom. The lowest BCUT2D eigenvalue weighted by atomic mass is 10.0. The van der Waals surface area contributed by atoms with E-state index in [1.54, 1.807) is 7.11 Å². The van der Waals surface area contributed by atoms with E-state index >= 15 is 0 Å². The third-order valence-corrected chi connectivity index (χ3v) is 8.37. The predicted molar refractivity (Wildman–Crippen MR) is 140 cm³/mol. The van der Waals surface area contributed by atoms with Crippen molar-refractivity contribution in [3.05, 3.63) is 66.2 Å². The van der Waals surface area contributed by atoms with E-state index in [2.05, 4.69) is 0 Å². The molecule has 0 unspecified atom stereocenters. The van der Waals surface area contributed by atoms with Crippen molar-refractivity contribution >= 4 is 15.9 Å². The van der Waals surface area contributed by atoms with Crippen molar-refractivity contribution in [3.63, 3.8) is 0 Å². The Morgan fingerprint density at radius 3 is 2.16 bits per heavy atom. The number of carbonyl (C=O) groups is 1. The van der Waals surface area contributed by atoms with Gasteiger partial charge in [0.15, 0.2) is 11.5 Å². The van der Waals surface area contributed by atoms with E-state index < -0.39 is 15.9 Å². The molecule has 0 aromatic heterocycles. The standard InChI is InChI=1S/C27H30N2O8S/c1-34-22-7-5-4-6-21(22)18-8-10-19(11-9-18)37-20-14-16-29(17-15-20)38(32,33)24-13-12-23(35-2)26(36-3)25(24)27(30)28-31/h4-13,20,31H,14-17H2,1-3H3,(H,28,30). The van der Waals surface area contributed by atoms with Crippen LogP contribution in [0.15, 0.2) is 65.6 Å². The molecule has 4 rings (SSSR count). The molecule has 202 valence electrons. The molecule has 1 aliphatic rings. The molecule has 38 heavy (non-hydrogen) atoms. The van der Waals surface area contributed by atoms with Crippen molar-refractivity contribution < 1.29 is 37.4 Å². The van der Waals surface area contributed by atoms with Gasteiger partial charge in [-0.25, -0.2) is 13.9 Å². The molecule has 0 spiro atoms. The van der Waals surface area contributed by atoms with Crippen molar-refractivity contribution in [1.29, 1.82) is 0 Å². The van der Waals surface area contributed by atoms with Crippen LogP contribution in [0.2, 0.25) is 0 Å². The minimum absolute atomic E-state index is 0.0880. The van der Waals surface area contributed by atoms with Crippen LogP contribution < -0.4 is 24.4 Å². The summed E-state index contributed by atoms with van der Waals surface area (Å²) in [4.78, 5) is 12.1. The minimum Gasteiger partial charge on any atom is -0.496 e. The summed E-state index contributed by atoms with van der Waals surface area (Å²) < 4.78 is 50.3. The molecular weight excluding hydrogens is 512 g/mol. The van der Waals surface area contributed by atoms with Crippen LogP contribution in [0.4, 0.5) is 0 Å². The lowest BCUT2D eigenvalue weighted by Gasteiger charge is -2.32. The maximum absolute atomic E-state index is 13.5. The highest BCUT2D eigenvalue weighted by Gasteiger charge is 2.35. The number of para-hydroxylation sites is 1. The van der Waals surface area contributed by atoms with Crippen LogP contribution in [0.25, 0.3) is 11.1 Å². The molecule has 0 aliphatic carbocycles. The number of nitrogens with one attached hydrogen (secondary N) is 1. The number of methoxy groups -OCH3 is 3. The van der Waals surface area contributed by atoms with Crippen LogP contribution in [0.3, 0.4) is 0 Å². The monoisotopic (exact) mass is 542 g/mol. The van der Waals surface area contributed by atoms with E-state index in [0.29, 0.717) is 18.6 Å². The van der Waals surface area contributed by atoms with Gasteiger partial charge >= 0.3 is 0 Å². The fraction of sp³-hybridized carbons (Fsp3) is 0.296. The minimum atomic E-state index is -4.09. The summed E-state index contributed by atoms with van der Waals surface area (Å²) in [5.74, 6) is 0.522. The molecule has 0 saturated carbocycles. The van der Waals surface area contributed by atoms with Gasteiger partial charge in [-0.2, -0.15) is 4.31 Å². The SMILES string of the molecule is COc1ccccc1-c1ccc(OC2CCN(S(=O)(=O)c3ccc(OC)c(OC)c3C(=O)NO)CC2)cc1. The number of benzene rings is 3. The van der Waals surface area contributed by atoms with Crippen LogP contribution in [-0.2, 0) is 10.0 Å². The molecule has 1 aliphatic heterocycles. The van der Waals surface area contributed by atoms with E-state index in [0.717, 1.165) is 16.9 Å². The van der Waals surface area contributed by atoms with Gasteiger partial charge in [-0.05, 0) is 48.7 Å². The van der Waals surface area contributed by atoms with Gasteiger partial charge in [-0.3, -0.25) is 10.0 Å². The Bertz CT molecular complexity index is 1380. The zero-order valence-corrected chi connectivity index (χ0v) is 22.2. The van der Waals surface area contributed by atoms with Crippen LogP contribution in [0, 0.1) is 0 Å². The molecule has 0 radical (unpaired) electrons. The van der Waals surface area contributed by atoms with Crippen LogP contribution >= 0.6 is 0 Å². The second-order valence-corrected chi connectivity index (χ2v) is 10.5. The first-order valence-electron chi connectivity index (χ1n) is 11.9. The Balaban J connectivity index is 1.47. The molecule has 2 N–H and O–H groups in total. The first-order chi connectivity index (χ1) is 18.3. The number of ether oxygens (including phenoxy) is 4. The first-order valence-corrected chi connectivity index (χ1v) is 13.4. The molecule has 0 atom stereocenters. The quantitative estimate of drug-likeness (QED) is 0.310. The van der Waals surface area contributed by atoms with E-state index in [4.69, 9.17) is 18.9 Å². The normalized spacial score (nSPS) is 14.5. The molecular formula is C27H30N2O8S. The molecule has 1 heterocycles. The summed E-state index contributed by atoms with van der Waals surface area (Å²) in [5.41, 5.74) is 3.13. The first kappa shape index (κ1) is 27.2. The summed E-state index contributed by atoms with van der Waals surface area (Å²) in [7, 11) is 0.199. The molecule has 1 saturated heterocycles. The third-order valence-electron chi connectivity index (χ3n) is 6.43. The summed E-state index contributed by atoms with van der Waals surface area (Å²) in [6, 6.07) is 18.1. The highest BCUT2D eigenvalue weighted by molar-refractivity contribution is 7.89. The Hall–Kier alpha value is -3.80. The predicted octanol–water partition coefficient (Wildman–Crippen LogP) is 3.73. The maximum atomic E-state index is 13.5. The number of sulfonamides is 1. The average Bonchev–Trinajstić information content (AvgIpc) is 2.96. The Labute approximate surface area is 221 Å². The number of hydrogen-bond acceptors (Lipinski definition) is 8. The van der Waals surface area contributed by atoms with Crippen LogP contribution in [0.1, 0.15) is 23.2 Å². The molecule has 3 aromatic rings. The fourth-order valence-corrected chi connectivity index (χ4v) is 6.17. The molecule has 1 fully saturated rings. The average molecular weight is 543 g/mol. The van der Waals surface area contributed by atoms with Gasteiger partial charge < -0.3 is 18.9 Å². The second-order valence-electron chi connectivity index (χ2n) is 8.56. The molecule has 10 nitrogen and oxygen atoms in total. The zero-order valence-electron chi connectivity index (χ0n) is 21.3. The van der Waals surface area contributed by atoms with Crippen LogP contribution in [0.5, 0.6) is 23.0 Å². The van der Waals surface area contributed by atoms with E-state index in [1.807, 2.05) is 48.5 Å². The topological polar surface area (TPSA) is 124 Å². The largest absolute Gasteiger partial charge is 0.496 e. The van der Waals surface area contributed by atoms with Gasteiger partial charge in [0.1, 0.15) is 23.2 Å². The van der Waals surface area contributed by atoms with Crippen LogP contribution in [-0.4, -0.2) is 64.4 Å². The number of amides is 1. The maximum Gasteiger partial charge on any atom is 0.279 e. The van der Waals surface area contributed by atoms with E-state index in [9.17, 15) is 18.4 Å². The molecule has 3 aromatic carbocycles. The van der Waals surface area contributed by atoms with Gasteiger partial charge in [-0.1, -0.05) is 30.3 Å². The highest BCUT2D eigenvalue weighted by atomic mass is 32.2. The van der Waals surface area contributed by atoms with Crippen molar-refractivity contribution in [2.45, 2.75) is 23.8 Å². The van der Waals surface area contributed by atoms with Crippen molar-refractivity contribution in [1.82, 2.24) is 9.79 Å². The van der Waals surface area contributed by atoms with E-state index in [-0.39, 0.29) is 41.2 Å². The van der Waals surface area contributed by atoms with Crippen molar-refractivity contribution in [2.75, 3.05) is 34.4 Å². The lowest BCUT2D eigenvalue weighted by Crippen LogP contribution is -2.42. The van der Waals surface area contributed by atoms with Crippen molar-refractivity contribution in [2.24, 2.45) is 0 Å². The van der Waals surface area contributed by atoms with Gasteiger partial charge in [0.05, 0.1) is 26.2 Å². The molecule has 11 heteroatoms. The lowest BCUT2D eigenvalue weighted by molar-refractivity contribution is 0.0698. The third kappa shape index (κ3) is 5.40. The summed E-state index contributed by atoms with van der Waals surface area (Å²) in [6.07, 6.45) is 0.745. The van der Waals surface area contributed by atoms with Crippen molar-refractivity contribution in [3.8, 4) is 34.1 Å². The smallest absolute Gasteiger partial charge is 0.279 e. The number of hydrogen-bond donors (Lipinski definition) is 2. The number of carbonyl (C=O) groups excluding carboxylic acids is 1. The van der Waals surface area contributed by atoms with E-state index in [1.165, 1.54) is 36.1 Å². The zero-order chi connectivity index (χ0) is 27.3. The van der Waals surface area contributed by atoms with Gasteiger partial charge in [-0.15, -0.1) is 0 Å². The number of rotatable bonds is 9. The summed E-state index contributed by atoms with van der Waals surface area (Å²) in [6.45, 7) is 0.391. The number of nitrogens with zero attached hydrogens (tertiary/aromatic N) is 1. The second kappa shape index (κ2) is 11.7. The fourth-order valence-electron chi connectivity index (χ4n) is 4.51. The van der Waals surface area contributed by atoms with Gasteiger partial charge in [0.25, 0.3) is 5.91 Å². The Kier molecular flexibility index (Phi) is 8.40. The number of piperidine rings is 1. The summed E-state index contributed by atoms with van der Waals surface area (Å²) in [5, 5.41) is 9.23. The Morgan fingerprint density at radius 1 is 0.895 bits per heavy atom.